The summed E-state index contributed by atoms with van der Waals surface area (Å²) in [5.74, 6) is 0.684. The van der Waals surface area contributed by atoms with Crippen LogP contribution in [0.5, 0.6) is 0 Å². The molecule has 0 N–H and O–H groups in total. The maximum Gasteiger partial charge on any atom is 0.286 e. The molecule has 0 bridgehead atoms. The minimum Gasteiger partial charge on any atom is -0.351 e. The van der Waals surface area contributed by atoms with E-state index in [9.17, 15) is 4.79 Å². The SMILES string of the molecule is CCc1ccc(C=C2SC(N3CCC(C)CC3)=NC2=O)cc1. The Morgan fingerprint density at radius 1 is 1.27 bits per heavy atom. The summed E-state index contributed by atoms with van der Waals surface area (Å²) < 4.78 is 0. The highest BCUT2D eigenvalue weighted by molar-refractivity contribution is 8.18. The van der Waals surface area contributed by atoms with Crippen molar-refractivity contribution in [3.63, 3.8) is 0 Å². The number of thioether (sulfide) groups is 1. The second-order valence-electron chi connectivity index (χ2n) is 6.07. The third kappa shape index (κ3) is 3.43. The minimum absolute atomic E-state index is 0.0989. The molecule has 1 saturated heterocycles. The first-order valence-electron chi connectivity index (χ1n) is 8.02. The zero-order chi connectivity index (χ0) is 15.5. The number of amides is 1. The van der Waals surface area contributed by atoms with Crippen LogP contribution in [0.4, 0.5) is 0 Å². The van der Waals surface area contributed by atoms with Crippen molar-refractivity contribution in [3.8, 4) is 0 Å². The molecule has 22 heavy (non-hydrogen) atoms. The Morgan fingerprint density at radius 3 is 2.59 bits per heavy atom. The molecule has 3 nitrogen and oxygen atoms in total. The van der Waals surface area contributed by atoms with Crippen molar-refractivity contribution in [1.82, 2.24) is 4.90 Å². The van der Waals surface area contributed by atoms with Gasteiger partial charge >= 0.3 is 0 Å². The molecule has 1 aromatic rings. The molecule has 0 radical (unpaired) electrons. The Morgan fingerprint density at radius 2 is 1.95 bits per heavy atom. The van der Waals surface area contributed by atoms with Gasteiger partial charge in [-0.3, -0.25) is 4.79 Å². The Bertz CT molecular complexity index is 610. The van der Waals surface area contributed by atoms with Gasteiger partial charge in [0, 0.05) is 13.1 Å². The van der Waals surface area contributed by atoms with Crippen LogP contribution in [0.3, 0.4) is 0 Å². The first-order valence-corrected chi connectivity index (χ1v) is 8.84. The minimum atomic E-state index is -0.0989. The van der Waals surface area contributed by atoms with Crippen molar-refractivity contribution < 1.29 is 4.79 Å². The van der Waals surface area contributed by atoms with E-state index in [-0.39, 0.29) is 5.91 Å². The Labute approximate surface area is 136 Å². The van der Waals surface area contributed by atoms with Crippen molar-refractivity contribution in [3.05, 3.63) is 40.3 Å². The Kier molecular flexibility index (Phi) is 4.67. The number of aryl methyl sites for hydroxylation is 1. The quantitative estimate of drug-likeness (QED) is 0.775. The maximum atomic E-state index is 12.1. The molecule has 1 amide bonds. The molecule has 0 saturated carbocycles. The lowest BCUT2D eigenvalue weighted by Crippen LogP contribution is -2.35. The topological polar surface area (TPSA) is 32.7 Å². The molecule has 4 heteroatoms. The zero-order valence-corrected chi connectivity index (χ0v) is 14.0. The van der Waals surface area contributed by atoms with E-state index in [0.717, 1.165) is 41.1 Å². The third-order valence-electron chi connectivity index (χ3n) is 4.35. The van der Waals surface area contributed by atoms with Gasteiger partial charge in [0.05, 0.1) is 4.91 Å². The summed E-state index contributed by atoms with van der Waals surface area (Å²) in [6.45, 7) is 6.46. The lowest BCUT2D eigenvalue weighted by molar-refractivity contribution is -0.113. The highest BCUT2D eigenvalue weighted by atomic mass is 32.2. The molecule has 1 fully saturated rings. The largest absolute Gasteiger partial charge is 0.351 e. The lowest BCUT2D eigenvalue weighted by Gasteiger charge is -2.30. The van der Waals surface area contributed by atoms with Gasteiger partial charge in [-0.15, -0.1) is 0 Å². The van der Waals surface area contributed by atoms with Crippen molar-refractivity contribution in [2.75, 3.05) is 13.1 Å². The fourth-order valence-corrected chi connectivity index (χ4v) is 3.70. The number of piperidine rings is 1. The molecule has 1 aromatic carbocycles. The summed E-state index contributed by atoms with van der Waals surface area (Å²) >= 11 is 1.52. The van der Waals surface area contributed by atoms with Gasteiger partial charge in [-0.05, 0) is 54.1 Å². The van der Waals surface area contributed by atoms with E-state index in [1.165, 1.54) is 30.2 Å². The second-order valence-corrected chi connectivity index (χ2v) is 7.08. The number of rotatable bonds is 2. The molecule has 0 spiro atoms. The molecule has 116 valence electrons. The fraction of sp³-hybridized carbons (Fsp3) is 0.444. The van der Waals surface area contributed by atoms with Crippen LogP contribution in [-0.2, 0) is 11.2 Å². The Hall–Kier alpha value is -1.55. The number of hydrogen-bond donors (Lipinski definition) is 0. The van der Waals surface area contributed by atoms with E-state index in [4.69, 9.17) is 0 Å². The summed E-state index contributed by atoms with van der Waals surface area (Å²) in [6, 6.07) is 8.37. The molecule has 0 unspecified atom stereocenters. The number of benzene rings is 1. The summed E-state index contributed by atoms with van der Waals surface area (Å²) in [6.07, 6.45) is 5.36. The molecule has 0 aromatic heterocycles. The molecule has 0 atom stereocenters. The molecular formula is C18H22N2OS. The first-order chi connectivity index (χ1) is 10.7. The van der Waals surface area contributed by atoms with Crippen molar-refractivity contribution >= 4 is 28.9 Å². The van der Waals surface area contributed by atoms with Gasteiger partial charge in [0.25, 0.3) is 5.91 Å². The van der Waals surface area contributed by atoms with E-state index in [1.807, 2.05) is 6.08 Å². The number of carbonyl (C=O) groups excluding carboxylic acids is 1. The number of amidine groups is 1. The molecular weight excluding hydrogens is 292 g/mol. The highest BCUT2D eigenvalue weighted by Gasteiger charge is 2.28. The maximum absolute atomic E-state index is 12.1. The van der Waals surface area contributed by atoms with E-state index >= 15 is 0 Å². The van der Waals surface area contributed by atoms with Crippen LogP contribution in [0, 0.1) is 5.92 Å². The predicted molar refractivity (Wildman–Crippen MR) is 93.8 cm³/mol. The monoisotopic (exact) mass is 314 g/mol. The third-order valence-corrected chi connectivity index (χ3v) is 5.39. The molecule has 2 heterocycles. The van der Waals surface area contributed by atoms with Crippen molar-refractivity contribution in [2.24, 2.45) is 10.9 Å². The number of aliphatic imine (C=N–C) groups is 1. The normalized spacial score (nSPS) is 21.5. The van der Waals surface area contributed by atoms with E-state index in [0.29, 0.717) is 0 Å². The van der Waals surface area contributed by atoms with Crippen LogP contribution in [0.2, 0.25) is 0 Å². The standard InChI is InChI=1S/C18H22N2OS/c1-3-14-4-6-15(7-5-14)12-16-17(21)19-18(22-16)20-10-8-13(2)9-11-20/h4-7,12-13H,3,8-11H2,1-2H3. The van der Waals surface area contributed by atoms with Gasteiger partial charge in [0.1, 0.15) is 0 Å². The summed E-state index contributed by atoms with van der Waals surface area (Å²) in [7, 11) is 0. The number of likely N-dealkylation sites (tertiary alicyclic amines) is 1. The van der Waals surface area contributed by atoms with Crippen molar-refractivity contribution in [2.45, 2.75) is 33.1 Å². The van der Waals surface area contributed by atoms with E-state index in [1.54, 1.807) is 0 Å². The zero-order valence-electron chi connectivity index (χ0n) is 13.2. The van der Waals surface area contributed by atoms with Crippen LogP contribution in [-0.4, -0.2) is 29.1 Å². The molecule has 0 aliphatic carbocycles. The van der Waals surface area contributed by atoms with E-state index in [2.05, 4.69) is 48.0 Å². The molecule has 3 rings (SSSR count). The number of hydrogen-bond acceptors (Lipinski definition) is 3. The summed E-state index contributed by atoms with van der Waals surface area (Å²) in [5, 5.41) is 0.883. The first kappa shape index (κ1) is 15.3. The fourth-order valence-electron chi connectivity index (χ4n) is 2.73. The van der Waals surface area contributed by atoms with Crippen LogP contribution in [0.1, 0.15) is 37.8 Å². The number of carbonyl (C=O) groups is 1. The van der Waals surface area contributed by atoms with E-state index < -0.39 is 0 Å². The Balaban J connectivity index is 1.69. The van der Waals surface area contributed by atoms with Gasteiger partial charge in [0.2, 0.25) is 0 Å². The van der Waals surface area contributed by atoms with Gasteiger partial charge in [-0.2, -0.15) is 4.99 Å². The molecule has 2 aliphatic rings. The average Bonchev–Trinajstić information content (AvgIpc) is 2.90. The second kappa shape index (κ2) is 6.69. The van der Waals surface area contributed by atoms with Gasteiger partial charge < -0.3 is 4.90 Å². The lowest BCUT2D eigenvalue weighted by atomic mass is 10.00. The van der Waals surface area contributed by atoms with Gasteiger partial charge in [-0.1, -0.05) is 38.1 Å². The van der Waals surface area contributed by atoms with Crippen LogP contribution >= 0.6 is 11.8 Å². The summed E-state index contributed by atoms with van der Waals surface area (Å²) in [5.41, 5.74) is 2.38. The van der Waals surface area contributed by atoms with Crippen LogP contribution < -0.4 is 0 Å². The average molecular weight is 314 g/mol. The number of nitrogens with zero attached hydrogens (tertiary/aromatic N) is 2. The predicted octanol–water partition coefficient (Wildman–Crippen LogP) is 3.95. The smallest absolute Gasteiger partial charge is 0.286 e. The highest BCUT2D eigenvalue weighted by Crippen LogP contribution is 2.32. The molecule has 2 aliphatic heterocycles. The van der Waals surface area contributed by atoms with Gasteiger partial charge in [0.15, 0.2) is 5.17 Å². The summed E-state index contributed by atoms with van der Waals surface area (Å²) in [4.78, 5) is 19.4. The van der Waals surface area contributed by atoms with Crippen LogP contribution in [0.15, 0.2) is 34.2 Å². The van der Waals surface area contributed by atoms with Crippen molar-refractivity contribution in [1.29, 1.82) is 0 Å². The van der Waals surface area contributed by atoms with Gasteiger partial charge in [-0.25, -0.2) is 0 Å². The van der Waals surface area contributed by atoms with Crippen LogP contribution in [0.25, 0.3) is 6.08 Å².